The molecule has 0 bridgehead atoms. The van der Waals surface area contributed by atoms with Gasteiger partial charge in [0.05, 0.1) is 5.56 Å². The number of nitrogens with one attached hydrogen (secondary N) is 1. The molecule has 4 N–H and O–H groups in total. The fourth-order valence-electron chi connectivity index (χ4n) is 1.94. The van der Waals surface area contributed by atoms with Gasteiger partial charge in [-0.15, -0.1) is 0 Å². The largest absolute Gasteiger partial charge is 0.416 e. The zero-order valence-corrected chi connectivity index (χ0v) is 10.9. The van der Waals surface area contributed by atoms with Crippen molar-refractivity contribution in [3.05, 3.63) is 35.4 Å². The van der Waals surface area contributed by atoms with Gasteiger partial charge in [0.1, 0.15) is 6.23 Å². The van der Waals surface area contributed by atoms with Crippen LogP contribution in [-0.2, 0) is 6.18 Å². The molecule has 6 heteroatoms. The minimum atomic E-state index is -4.36. The maximum Gasteiger partial charge on any atom is 0.416 e. The minimum absolute atomic E-state index is 0.0930. The molecular weight excluding hydrogens is 257 g/mol. The number of aliphatic hydroxyl groups excluding tert-OH is 1. The van der Waals surface area contributed by atoms with Gasteiger partial charge in [0.15, 0.2) is 0 Å². The number of rotatable bonds is 5. The zero-order valence-electron chi connectivity index (χ0n) is 10.9. The highest BCUT2D eigenvalue weighted by Crippen LogP contribution is 2.31. The van der Waals surface area contributed by atoms with Crippen LogP contribution in [0.25, 0.3) is 0 Å². The van der Waals surface area contributed by atoms with Gasteiger partial charge in [0, 0.05) is 12.1 Å². The van der Waals surface area contributed by atoms with Gasteiger partial charge in [-0.2, -0.15) is 13.2 Å². The van der Waals surface area contributed by atoms with Crippen LogP contribution in [-0.4, -0.2) is 17.4 Å². The molecule has 0 saturated heterocycles. The van der Waals surface area contributed by atoms with Crippen LogP contribution in [0.15, 0.2) is 24.3 Å². The van der Waals surface area contributed by atoms with Crippen LogP contribution < -0.4 is 11.1 Å². The third-order valence-corrected chi connectivity index (χ3v) is 2.78. The molecule has 3 nitrogen and oxygen atoms in total. The summed E-state index contributed by atoms with van der Waals surface area (Å²) in [4.78, 5) is 0. The van der Waals surface area contributed by atoms with Gasteiger partial charge >= 0.3 is 6.18 Å². The first kappa shape index (κ1) is 15.9. The smallest absolute Gasteiger partial charge is 0.379 e. The summed E-state index contributed by atoms with van der Waals surface area (Å²) in [6, 6.07) is 4.42. The lowest BCUT2D eigenvalue weighted by Gasteiger charge is -2.21. The third kappa shape index (κ3) is 5.18. The van der Waals surface area contributed by atoms with E-state index in [4.69, 9.17) is 10.8 Å². The highest BCUT2D eigenvalue weighted by Gasteiger charge is 2.30. The van der Waals surface area contributed by atoms with Crippen molar-refractivity contribution >= 4 is 0 Å². The van der Waals surface area contributed by atoms with E-state index < -0.39 is 24.0 Å². The molecule has 19 heavy (non-hydrogen) atoms. The van der Waals surface area contributed by atoms with E-state index in [1.165, 1.54) is 6.07 Å². The number of alkyl halides is 3. The van der Waals surface area contributed by atoms with Crippen LogP contribution in [0.2, 0.25) is 0 Å². The SMILES string of the molecule is CC(O)NC(C)CC(N)c1cccc(C(F)(F)F)c1. The Bertz CT molecular complexity index is 407. The second-order valence-electron chi connectivity index (χ2n) is 4.71. The van der Waals surface area contributed by atoms with Crippen molar-refractivity contribution in [2.75, 3.05) is 0 Å². The average Bonchev–Trinajstić information content (AvgIpc) is 2.26. The number of halogens is 3. The van der Waals surface area contributed by atoms with Crippen molar-refractivity contribution in [1.29, 1.82) is 0 Å². The van der Waals surface area contributed by atoms with Crippen molar-refractivity contribution in [3.63, 3.8) is 0 Å². The molecule has 0 radical (unpaired) electrons. The van der Waals surface area contributed by atoms with E-state index in [0.717, 1.165) is 12.1 Å². The fraction of sp³-hybridized carbons (Fsp3) is 0.538. The highest BCUT2D eigenvalue weighted by molar-refractivity contribution is 5.27. The Kier molecular flexibility index (Phi) is 5.34. The molecule has 0 spiro atoms. The van der Waals surface area contributed by atoms with Crippen molar-refractivity contribution in [2.45, 2.75) is 44.8 Å². The zero-order chi connectivity index (χ0) is 14.6. The van der Waals surface area contributed by atoms with E-state index in [1.54, 1.807) is 13.0 Å². The number of nitrogens with two attached hydrogens (primary N) is 1. The second kappa shape index (κ2) is 6.36. The highest BCUT2D eigenvalue weighted by atomic mass is 19.4. The van der Waals surface area contributed by atoms with Crippen LogP contribution in [0.4, 0.5) is 13.2 Å². The summed E-state index contributed by atoms with van der Waals surface area (Å²) in [6.07, 6.45) is -4.60. The molecule has 3 atom stereocenters. The van der Waals surface area contributed by atoms with E-state index in [2.05, 4.69) is 5.32 Å². The molecule has 1 aromatic carbocycles. The van der Waals surface area contributed by atoms with E-state index in [9.17, 15) is 13.2 Å². The quantitative estimate of drug-likeness (QED) is 0.724. The number of hydrogen-bond donors (Lipinski definition) is 3. The van der Waals surface area contributed by atoms with E-state index in [0.29, 0.717) is 12.0 Å². The van der Waals surface area contributed by atoms with Crippen LogP contribution in [0.3, 0.4) is 0 Å². The van der Waals surface area contributed by atoms with Gasteiger partial charge in [0.25, 0.3) is 0 Å². The summed E-state index contributed by atoms with van der Waals surface area (Å²) >= 11 is 0. The van der Waals surface area contributed by atoms with Crippen LogP contribution >= 0.6 is 0 Å². The Balaban J connectivity index is 2.74. The normalized spacial score (nSPS) is 17.0. The molecule has 0 heterocycles. The van der Waals surface area contributed by atoms with E-state index in [-0.39, 0.29) is 6.04 Å². The summed E-state index contributed by atoms with van der Waals surface area (Å²) in [5.74, 6) is 0. The molecule has 3 unspecified atom stereocenters. The summed E-state index contributed by atoms with van der Waals surface area (Å²) < 4.78 is 37.7. The molecule has 0 amide bonds. The third-order valence-electron chi connectivity index (χ3n) is 2.78. The van der Waals surface area contributed by atoms with Crippen LogP contribution in [0.1, 0.15) is 37.4 Å². The molecule has 0 aliphatic heterocycles. The summed E-state index contributed by atoms with van der Waals surface area (Å²) in [5, 5.41) is 12.0. The minimum Gasteiger partial charge on any atom is -0.379 e. The van der Waals surface area contributed by atoms with Crippen molar-refractivity contribution in [3.8, 4) is 0 Å². The molecule has 1 rings (SSSR count). The van der Waals surface area contributed by atoms with E-state index >= 15 is 0 Å². The van der Waals surface area contributed by atoms with Crippen LogP contribution in [0, 0.1) is 0 Å². The van der Waals surface area contributed by atoms with Crippen molar-refractivity contribution in [1.82, 2.24) is 5.32 Å². The second-order valence-corrected chi connectivity index (χ2v) is 4.71. The van der Waals surface area contributed by atoms with Gasteiger partial charge in [-0.25, -0.2) is 0 Å². The first-order valence-corrected chi connectivity index (χ1v) is 6.07. The summed E-state index contributed by atoms with van der Waals surface area (Å²) in [5.41, 5.74) is 5.64. The number of hydrogen-bond acceptors (Lipinski definition) is 3. The lowest BCUT2D eigenvalue weighted by molar-refractivity contribution is -0.137. The molecule has 108 valence electrons. The number of benzene rings is 1. The van der Waals surface area contributed by atoms with Gasteiger partial charge in [-0.3, -0.25) is 5.32 Å². The van der Waals surface area contributed by atoms with Gasteiger partial charge in [-0.05, 0) is 38.0 Å². The monoisotopic (exact) mass is 276 g/mol. The summed E-state index contributed by atoms with van der Waals surface area (Å²) in [7, 11) is 0. The molecule has 0 fully saturated rings. The first-order chi connectivity index (χ1) is 8.70. The molecule has 0 aromatic heterocycles. The summed E-state index contributed by atoms with van der Waals surface area (Å²) in [6.45, 7) is 3.40. The Labute approximate surface area is 110 Å². The topological polar surface area (TPSA) is 58.3 Å². The van der Waals surface area contributed by atoms with Crippen LogP contribution in [0.5, 0.6) is 0 Å². The predicted molar refractivity (Wildman–Crippen MR) is 67.3 cm³/mol. The number of aliphatic hydroxyl groups is 1. The van der Waals surface area contributed by atoms with Gasteiger partial charge in [0.2, 0.25) is 0 Å². The molecule has 1 aromatic rings. The van der Waals surface area contributed by atoms with Crippen molar-refractivity contribution in [2.24, 2.45) is 5.73 Å². The Hall–Kier alpha value is -1.11. The molecule has 0 saturated carbocycles. The maximum absolute atomic E-state index is 12.6. The first-order valence-electron chi connectivity index (χ1n) is 6.07. The molecular formula is C13H19F3N2O. The Morgan fingerprint density at radius 3 is 2.47 bits per heavy atom. The lowest BCUT2D eigenvalue weighted by atomic mass is 9.99. The van der Waals surface area contributed by atoms with Gasteiger partial charge < -0.3 is 10.8 Å². The molecule has 0 aliphatic carbocycles. The standard InChI is InChI=1S/C13H19F3N2O/c1-8(18-9(2)19)6-12(17)10-4-3-5-11(7-10)13(14,15)16/h3-5,7-9,12,18-19H,6,17H2,1-2H3. The van der Waals surface area contributed by atoms with Crippen molar-refractivity contribution < 1.29 is 18.3 Å². The molecule has 0 aliphatic rings. The fourth-order valence-corrected chi connectivity index (χ4v) is 1.94. The van der Waals surface area contributed by atoms with Gasteiger partial charge in [-0.1, -0.05) is 12.1 Å². The lowest BCUT2D eigenvalue weighted by Crippen LogP contribution is -2.36. The Morgan fingerprint density at radius 1 is 1.32 bits per heavy atom. The Morgan fingerprint density at radius 2 is 1.95 bits per heavy atom. The average molecular weight is 276 g/mol. The maximum atomic E-state index is 12.6. The predicted octanol–water partition coefficient (Wildman–Crippen LogP) is 2.41. The van der Waals surface area contributed by atoms with E-state index in [1.807, 2.05) is 6.92 Å².